The van der Waals surface area contributed by atoms with Gasteiger partial charge in [-0.1, -0.05) is 0 Å². The Kier molecular flexibility index (Phi) is 2.59. The molecule has 1 aromatic heterocycles. The number of rotatable bonds is 1. The van der Waals surface area contributed by atoms with Gasteiger partial charge in [-0.2, -0.15) is 0 Å². The molecule has 0 nitrogen and oxygen atoms in total. The van der Waals surface area contributed by atoms with Crippen LogP contribution in [0.3, 0.4) is 0 Å². The van der Waals surface area contributed by atoms with Crippen molar-refractivity contribution in [1.29, 1.82) is 0 Å². The van der Waals surface area contributed by atoms with Crippen molar-refractivity contribution >= 4 is 22.9 Å². The summed E-state index contributed by atoms with van der Waals surface area (Å²) in [6, 6.07) is 4.07. The molecule has 0 amide bonds. The van der Waals surface area contributed by atoms with Gasteiger partial charge in [-0.15, -0.1) is 0 Å². The summed E-state index contributed by atoms with van der Waals surface area (Å²) in [6.45, 7) is 0. The van der Waals surface area contributed by atoms with E-state index in [1.807, 2.05) is 6.07 Å². The molecule has 0 unspecified atom stereocenters. The van der Waals surface area contributed by atoms with E-state index in [0.29, 0.717) is 0 Å². The molecular formula is C5H5ClIS-. The summed E-state index contributed by atoms with van der Waals surface area (Å²) in [5, 5.41) is 0. The molecule has 0 aliphatic carbocycles. The molecule has 0 N–H and O–H groups in total. The second-order valence-corrected chi connectivity index (χ2v) is 5.92. The number of hydrogen-bond donors (Lipinski definition) is 0. The van der Waals surface area contributed by atoms with Crippen LogP contribution in [0.1, 0.15) is 0 Å². The van der Waals surface area contributed by atoms with E-state index in [4.69, 9.17) is 11.6 Å². The number of hydrogen-bond acceptors (Lipinski definition) is 1. The van der Waals surface area contributed by atoms with Crippen molar-refractivity contribution in [2.24, 2.45) is 0 Å². The van der Waals surface area contributed by atoms with Crippen LogP contribution in [0, 0.1) is 2.88 Å². The van der Waals surface area contributed by atoms with Gasteiger partial charge in [-0.05, 0) is 0 Å². The second-order valence-electron chi connectivity index (χ2n) is 1.23. The first kappa shape index (κ1) is 6.83. The SMILES string of the molecule is C[I-]c1ccc(Cl)s1. The summed E-state index contributed by atoms with van der Waals surface area (Å²) in [6.07, 6.45) is 0. The molecule has 0 aliphatic rings. The maximum absolute atomic E-state index is 5.68. The third-order valence-corrected chi connectivity index (χ3v) is 4.86. The van der Waals surface area contributed by atoms with Crippen LogP contribution in [0.4, 0.5) is 0 Å². The van der Waals surface area contributed by atoms with Crippen molar-refractivity contribution in [2.45, 2.75) is 0 Å². The van der Waals surface area contributed by atoms with Crippen LogP contribution in [-0.4, -0.2) is 4.93 Å². The fraction of sp³-hybridized carbons (Fsp3) is 0.200. The Morgan fingerprint density at radius 3 is 2.62 bits per heavy atom. The molecule has 0 spiro atoms. The van der Waals surface area contributed by atoms with Crippen LogP contribution in [0.15, 0.2) is 12.1 Å². The second kappa shape index (κ2) is 3.03. The van der Waals surface area contributed by atoms with E-state index in [9.17, 15) is 0 Å². The maximum atomic E-state index is 5.68. The van der Waals surface area contributed by atoms with Crippen molar-refractivity contribution in [2.75, 3.05) is 4.93 Å². The molecule has 0 aliphatic heterocycles. The van der Waals surface area contributed by atoms with Crippen molar-refractivity contribution in [3.05, 3.63) is 19.4 Å². The topological polar surface area (TPSA) is 0 Å². The van der Waals surface area contributed by atoms with Crippen LogP contribution in [0.5, 0.6) is 0 Å². The van der Waals surface area contributed by atoms with E-state index < -0.39 is 0 Å². The zero-order valence-electron chi connectivity index (χ0n) is 4.32. The van der Waals surface area contributed by atoms with Gasteiger partial charge >= 0.3 is 68.4 Å². The summed E-state index contributed by atoms with van der Waals surface area (Å²) < 4.78 is 2.38. The van der Waals surface area contributed by atoms with Crippen LogP contribution < -0.4 is 21.2 Å². The van der Waals surface area contributed by atoms with Crippen LogP contribution in [0.25, 0.3) is 0 Å². The van der Waals surface area contributed by atoms with Gasteiger partial charge in [0, 0.05) is 0 Å². The van der Waals surface area contributed by atoms with Crippen LogP contribution in [-0.2, 0) is 0 Å². The molecule has 0 bridgehead atoms. The van der Waals surface area contributed by atoms with Gasteiger partial charge < -0.3 is 0 Å². The van der Waals surface area contributed by atoms with Crippen molar-refractivity contribution in [1.82, 2.24) is 0 Å². The van der Waals surface area contributed by atoms with Gasteiger partial charge in [-0.3, -0.25) is 0 Å². The molecular weight excluding hydrogens is 254 g/mol. The standard InChI is InChI=1S/C5H5ClIS/c1-7-5-3-2-4(6)8-5/h2-3H,1H3/q-1. The van der Waals surface area contributed by atoms with E-state index >= 15 is 0 Å². The molecule has 1 rings (SSSR count). The zero-order valence-corrected chi connectivity index (χ0v) is 8.05. The van der Waals surface area contributed by atoms with Gasteiger partial charge in [0.1, 0.15) is 0 Å². The Morgan fingerprint density at radius 1 is 1.62 bits per heavy atom. The molecule has 0 atom stereocenters. The van der Waals surface area contributed by atoms with Gasteiger partial charge in [0.05, 0.1) is 0 Å². The molecule has 3 heteroatoms. The number of halogens is 2. The molecule has 0 fully saturated rings. The molecule has 0 aromatic carbocycles. The fourth-order valence-electron chi connectivity index (χ4n) is 0.394. The van der Waals surface area contributed by atoms with Crippen LogP contribution >= 0.6 is 22.9 Å². The van der Waals surface area contributed by atoms with E-state index in [1.165, 1.54) is 2.88 Å². The third-order valence-electron chi connectivity index (χ3n) is 0.727. The predicted molar refractivity (Wildman–Crippen MR) is 34.0 cm³/mol. The minimum atomic E-state index is 0.264. The van der Waals surface area contributed by atoms with Crippen LogP contribution in [0.2, 0.25) is 4.34 Å². The molecule has 0 saturated heterocycles. The summed E-state index contributed by atoms with van der Waals surface area (Å²) in [5.41, 5.74) is 0. The summed E-state index contributed by atoms with van der Waals surface area (Å²) >= 11 is 7.64. The molecule has 8 heavy (non-hydrogen) atoms. The Morgan fingerprint density at radius 2 is 2.38 bits per heavy atom. The number of alkyl halides is 1. The molecule has 0 saturated carbocycles. The first-order valence-corrected chi connectivity index (χ1v) is 6.51. The predicted octanol–water partition coefficient (Wildman–Crippen LogP) is -0.710. The first-order valence-electron chi connectivity index (χ1n) is 2.07. The summed E-state index contributed by atoms with van der Waals surface area (Å²) in [4.78, 5) is 2.24. The number of thiophene rings is 1. The van der Waals surface area contributed by atoms with E-state index in [2.05, 4.69) is 11.0 Å². The quantitative estimate of drug-likeness (QED) is 0.462. The molecule has 1 aromatic rings. The van der Waals surface area contributed by atoms with E-state index in [0.717, 1.165) is 4.34 Å². The van der Waals surface area contributed by atoms with Gasteiger partial charge in [0.25, 0.3) is 0 Å². The monoisotopic (exact) mass is 259 g/mol. The van der Waals surface area contributed by atoms with Crippen molar-refractivity contribution in [3.63, 3.8) is 0 Å². The average molecular weight is 260 g/mol. The average Bonchev–Trinajstić information content (AvgIpc) is 2.14. The van der Waals surface area contributed by atoms with E-state index in [-0.39, 0.29) is 21.2 Å². The minimum absolute atomic E-state index is 0.264. The van der Waals surface area contributed by atoms with Gasteiger partial charge in [0.2, 0.25) is 0 Å². The third kappa shape index (κ3) is 1.60. The Balaban J connectivity index is 2.84. The Bertz CT molecular complexity index is 173. The zero-order chi connectivity index (χ0) is 5.98. The molecule has 1 heterocycles. The molecule has 0 radical (unpaired) electrons. The first-order chi connectivity index (χ1) is 3.83. The van der Waals surface area contributed by atoms with E-state index in [1.54, 1.807) is 11.3 Å². The summed E-state index contributed by atoms with van der Waals surface area (Å²) in [7, 11) is 0. The summed E-state index contributed by atoms with van der Waals surface area (Å²) in [5.74, 6) is 0. The molecule has 46 valence electrons. The Hall–Kier alpha value is 0.720. The normalized spacial score (nSPS) is 10.2. The van der Waals surface area contributed by atoms with Gasteiger partial charge in [-0.25, -0.2) is 0 Å². The van der Waals surface area contributed by atoms with Crippen molar-refractivity contribution in [3.8, 4) is 0 Å². The Labute approximate surface area is 68.1 Å². The van der Waals surface area contributed by atoms with Crippen molar-refractivity contribution < 1.29 is 21.2 Å². The fourth-order valence-corrected chi connectivity index (χ4v) is 3.54. The van der Waals surface area contributed by atoms with Gasteiger partial charge in [0.15, 0.2) is 0 Å².